The first-order chi connectivity index (χ1) is 6.46. The number of rotatable bonds is 2. The Morgan fingerprint density at radius 3 is 2.64 bits per heavy atom. The van der Waals surface area contributed by atoms with E-state index in [-0.39, 0.29) is 5.41 Å². The van der Waals surface area contributed by atoms with Crippen LogP contribution in [0.5, 0.6) is 0 Å². The molecule has 76 valence electrons. The fraction of sp³-hybridized carbons (Fsp3) is 0.417. The van der Waals surface area contributed by atoms with Gasteiger partial charge in [0.25, 0.3) is 0 Å². The van der Waals surface area contributed by atoms with Gasteiger partial charge in [0.05, 0.1) is 18.2 Å². The van der Waals surface area contributed by atoms with Gasteiger partial charge in [-0.1, -0.05) is 33.4 Å². The lowest BCUT2D eigenvalue weighted by Crippen LogP contribution is -2.13. The zero-order valence-corrected chi connectivity index (χ0v) is 9.41. The van der Waals surface area contributed by atoms with Crippen LogP contribution >= 0.6 is 0 Å². The van der Waals surface area contributed by atoms with Crippen molar-refractivity contribution in [1.82, 2.24) is 9.55 Å². The second kappa shape index (κ2) is 3.82. The highest BCUT2D eigenvalue weighted by Gasteiger charge is 2.17. The number of imidazole rings is 1. The van der Waals surface area contributed by atoms with E-state index in [0.29, 0.717) is 0 Å². The summed E-state index contributed by atoms with van der Waals surface area (Å²) in [6, 6.07) is 0. The molecule has 0 radical (unpaired) electrons. The van der Waals surface area contributed by atoms with Crippen LogP contribution in [0.2, 0.25) is 0 Å². The van der Waals surface area contributed by atoms with E-state index in [9.17, 15) is 0 Å². The predicted octanol–water partition coefficient (Wildman–Crippen LogP) is 3.43. The van der Waals surface area contributed by atoms with Gasteiger partial charge in [0.2, 0.25) is 0 Å². The molecular formula is C12H18N2. The predicted molar refractivity (Wildman–Crippen MR) is 61.7 cm³/mol. The number of hydrogen-bond donors (Lipinski definition) is 0. The van der Waals surface area contributed by atoms with Gasteiger partial charge in [-0.2, -0.15) is 0 Å². The number of allylic oxidation sites excluding steroid dienone is 2. The smallest absolute Gasteiger partial charge is 0.0994 e. The number of nitrogens with zero attached hydrogens (tertiary/aromatic N) is 2. The summed E-state index contributed by atoms with van der Waals surface area (Å²) < 4.78 is 2.03. The highest BCUT2D eigenvalue weighted by Crippen LogP contribution is 2.28. The van der Waals surface area contributed by atoms with E-state index in [1.807, 2.05) is 36.2 Å². The molecule has 14 heavy (non-hydrogen) atoms. The third-order valence-corrected chi connectivity index (χ3v) is 2.16. The SMILES string of the molecule is C=C(n1cncc1/C=C\C)C(C)(C)C. The molecule has 0 aliphatic carbocycles. The molecule has 0 saturated heterocycles. The minimum absolute atomic E-state index is 0.0665. The summed E-state index contributed by atoms with van der Waals surface area (Å²) in [6.07, 6.45) is 7.69. The Morgan fingerprint density at radius 2 is 2.14 bits per heavy atom. The summed E-state index contributed by atoms with van der Waals surface area (Å²) in [5.41, 5.74) is 2.20. The van der Waals surface area contributed by atoms with E-state index in [0.717, 1.165) is 11.4 Å². The summed E-state index contributed by atoms with van der Waals surface area (Å²) in [4.78, 5) is 4.13. The van der Waals surface area contributed by atoms with Gasteiger partial charge in [0.1, 0.15) is 0 Å². The van der Waals surface area contributed by atoms with Crippen molar-refractivity contribution in [3.63, 3.8) is 0 Å². The highest BCUT2D eigenvalue weighted by molar-refractivity contribution is 5.55. The summed E-state index contributed by atoms with van der Waals surface area (Å²) in [7, 11) is 0. The maximum Gasteiger partial charge on any atom is 0.0994 e. The molecule has 1 aromatic heterocycles. The summed E-state index contributed by atoms with van der Waals surface area (Å²) in [6.45, 7) is 12.5. The molecule has 0 spiro atoms. The van der Waals surface area contributed by atoms with Gasteiger partial charge < -0.3 is 4.57 Å². The van der Waals surface area contributed by atoms with E-state index >= 15 is 0 Å². The Kier molecular flexibility index (Phi) is 2.94. The second-order valence-corrected chi connectivity index (χ2v) is 4.39. The van der Waals surface area contributed by atoms with Gasteiger partial charge in [0.15, 0.2) is 0 Å². The van der Waals surface area contributed by atoms with Crippen molar-refractivity contribution in [2.75, 3.05) is 0 Å². The topological polar surface area (TPSA) is 17.8 Å². The van der Waals surface area contributed by atoms with Crippen LogP contribution in [-0.2, 0) is 0 Å². The lowest BCUT2D eigenvalue weighted by molar-refractivity contribution is 0.539. The second-order valence-electron chi connectivity index (χ2n) is 4.39. The van der Waals surface area contributed by atoms with Gasteiger partial charge in [-0.25, -0.2) is 4.98 Å². The molecule has 0 saturated carbocycles. The molecule has 1 aromatic rings. The van der Waals surface area contributed by atoms with Crippen molar-refractivity contribution in [1.29, 1.82) is 0 Å². The van der Waals surface area contributed by atoms with Gasteiger partial charge >= 0.3 is 0 Å². The van der Waals surface area contributed by atoms with Crippen LogP contribution in [-0.4, -0.2) is 9.55 Å². The monoisotopic (exact) mass is 190 g/mol. The normalized spacial score (nSPS) is 12.3. The van der Waals surface area contributed by atoms with E-state index in [4.69, 9.17) is 0 Å². The van der Waals surface area contributed by atoms with Gasteiger partial charge in [-0.3, -0.25) is 0 Å². The molecule has 0 aliphatic heterocycles. The maximum absolute atomic E-state index is 4.13. The Balaban J connectivity index is 3.07. The van der Waals surface area contributed by atoms with Crippen LogP contribution in [0.15, 0.2) is 25.2 Å². The Morgan fingerprint density at radius 1 is 1.50 bits per heavy atom. The molecule has 0 atom stereocenters. The first-order valence-corrected chi connectivity index (χ1v) is 4.81. The quantitative estimate of drug-likeness (QED) is 0.698. The van der Waals surface area contributed by atoms with Crippen molar-refractivity contribution in [2.24, 2.45) is 5.41 Å². The minimum Gasteiger partial charge on any atom is -0.303 e. The number of aromatic nitrogens is 2. The fourth-order valence-electron chi connectivity index (χ4n) is 1.19. The third kappa shape index (κ3) is 2.13. The highest BCUT2D eigenvalue weighted by atomic mass is 15.1. The van der Waals surface area contributed by atoms with Gasteiger partial charge in [-0.05, 0) is 13.0 Å². The molecule has 2 nitrogen and oxygen atoms in total. The van der Waals surface area contributed by atoms with Crippen LogP contribution in [0.1, 0.15) is 33.4 Å². The van der Waals surface area contributed by atoms with Crippen molar-refractivity contribution in [3.05, 3.63) is 30.9 Å². The van der Waals surface area contributed by atoms with E-state index in [2.05, 4.69) is 32.3 Å². The molecule has 2 heteroatoms. The Bertz CT molecular complexity index is 351. The largest absolute Gasteiger partial charge is 0.303 e. The van der Waals surface area contributed by atoms with Gasteiger partial charge in [-0.15, -0.1) is 0 Å². The van der Waals surface area contributed by atoms with E-state index < -0.39 is 0 Å². The summed E-state index contributed by atoms with van der Waals surface area (Å²) >= 11 is 0. The van der Waals surface area contributed by atoms with Crippen LogP contribution in [0.4, 0.5) is 0 Å². The van der Waals surface area contributed by atoms with Crippen LogP contribution in [0.3, 0.4) is 0 Å². The van der Waals surface area contributed by atoms with Crippen LogP contribution in [0.25, 0.3) is 11.8 Å². The average molecular weight is 190 g/mol. The van der Waals surface area contributed by atoms with Crippen molar-refractivity contribution < 1.29 is 0 Å². The number of hydrogen-bond acceptors (Lipinski definition) is 1. The van der Waals surface area contributed by atoms with Crippen molar-refractivity contribution in [2.45, 2.75) is 27.7 Å². The molecule has 0 N–H and O–H groups in total. The van der Waals surface area contributed by atoms with Crippen LogP contribution < -0.4 is 0 Å². The molecule has 0 fully saturated rings. The Labute approximate surface area is 86.0 Å². The zero-order chi connectivity index (χ0) is 10.8. The summed E-state index contributed by atoms with van der Waals surface area (Å²) in [5.74, 6) is 0. The first-order valence-electron chi connectivity index (χ1n) is 4.81. The van der Waals surface area contributed by atoms with Crippen LogP contribution in [0, 0.1) is 5.41 Å². The minimum atomic E-state index is 0.0665. The molecule has 0 amide bonds. The molecule has 0 unspecified atom stereocenters. The average Bonchev–Trinajstić information content (AvgIpc) is 2.50. The lowest BCUT2D eigenvalue weighted by atomic mass is 9.92. The zero-order valence-electron chi connectivity index (χ0n) is 9.41. The van der Waals surface area contributed by atoms with Crippen molar-refractivity contribution in [3.8, 4) is 0 Å². The summed E-state index contributed by atoms with van der Waals surface area (Å²) in [5, 5.41) is 0. The standard InChI is InChI=1S/C12H18N2/c1-6-7-11-8-13-9-14(11)10(2)12(3,4)5/h6-9H,2H2,1,3-5H3/b7-6-. The molecule has 0 aliphatic rings. The molecule has 1 heterocycles. The van der Waals surface area contributed by atoms with Crippen molar-refractivity contribution >= 4 is 11.8 Å². The van der Waals surface area contributed by atoms with E-state index in [1.54, 1.807) is 0 Å². The maximum atomic E-state index is 4.13. The Hall–Kier alpha value is -1.31. The molecule has 0 bridgehead atoms. The molecular weight excluding hydrogens is 172 g/mol. The first kappa shape index (κ1) is 10.8. The fourth-order valence-corrected chi connectivity index (χ4v) is 1.19. The molecule has 1 rings (SSSR count). The van der Waals surface area contributed by atoms with E-state index in [1.165, 1.54) is 0 Å². The van der Waals surface area contributed by atoms with Gasteiger partial charge in [0, 0.05) is 11.1 Å². The third-order valence-electron chi connectivity index (χ3n) is 2.16. The molecule has 0 aromatic carbocycles. The lowest BCUT2D eigenvalue weighted by Gasteiger charge is -2.23.